The highest BCUT2D eigenvalue weighted by Gasteiger charge is 2.34. The van der Waals surface area contributed by atoms with E-state index in [9.17, 15) is 9.90 Å². The third-order valence-electron chi connectivity index (χ3n) is 6.87. The van der Waals surface area contributed by atoms with Gasteiger partial charge in [0.2, 0.25) is 5.78 Å². The molecule has 0 unspecified atom stereocenters. The van der Waals surface area contributed by atoms with Crippen LogP contribution in [0, 0.1) is 6.92 Å². The first kappa shape index (κ1) is 25.0. The van der Waals surface area contributed by atoms with E-state index in [2.05, 4.69) is 15.9 Å². The summed E-state index contributed by atoms with van der Waals surface area (Å²) in [6.45, 7) is 5.53. The molecule has 5 rings (SSSR count). The molecule has 37 heavy (non-hydrogen) atoms. The van der Waals surface area contributed by atoms with E-state index in [0.717, 1.165) is 36.9 Å². The molecule has 0 spiro atoms. The molecule has 7 nitrogen and oxygen atoms in total. The Bertz CT molecular complexity index is 1380. The van der Waals surface area contributed by atoms with E-state index >= 15 is 0 Å². The number of hydrogen-bond donors (Lipinski definition) is 1. The van der Waals surface area contributed by atoms with Gasteiger partial charge in [0.05, 0.1) is 25.3 Å². The molecule has 1 saturated heterocycles. The maximum absolute atomic E-state index is 13.4. The van der Waals surface area contributed by atoms with Crippen molar-refractivity contribution < 1.29 is 24.1 Å². The number of halogens is 1. The SMILES string of the molecule is COc1cccc(C=C2Oc3c(CN4CCN(c5cccc(Cl)c5)CC4)c(O)cc(C)c3C2=O)c1OC. The molecule has 1 fully saturated rings. The highest BCUT2D eigenvalue weighted by molar-refractivity contribution is 6.30. The number of hydrogen-bond acceptors (Lipinski definition) is 7. The third-order valence-corrected chi connectivity index (χ3v) is 7.10. The van der Waals surface area contributed by atoms with Gasteiger partial charge in [-0.1, -0.05) is 29.8 Å². The van der Waals surface area contributed by atoms with Crippen LogP contribution < -0.4 is 19.1 Å². The average molecular weight is 521 g/mol. The molecule has 1 N–H and O–H groups in total. The Kier molecular flexibility index (Phi) is 7.00. The molecule has 2 heterocycles. The number of piperazine rings is 1. The summed E-state index contributed by atoms with van der Waals surface area (Å²) < 4.78 is 17.0. The van der Waals surface area contributed by atoms with Crippen LogP contribution in [-0.2, 0) is 6.54 Å². The van der Waals surface area contributed by atoms with Crippen LogP contribution in [0.15, 0.2) is 54.3 Å². The van der Waals surface area contributed by atoms with Crippen molar-refractivity contribution >= 4 is 29.1 Å². The van der Waals surface area contributed by atoms with Gasteiger partial charge >= 0.3 is 0 Å². The Morgan fingerprint density at radius 2 is 1.81 bits per heavy atom. The normalized spacial score (nSPS) is 16.6. The number of aryl methyl sites for hydroxylation is 1. The summed E-state index contributed by atoms with van der Waals surface area (Å²) in [7, 11) is 3.12. The van der Waals surface area contributed by atoms with Gasteiger partial charge in [-0.3, -0.25) is 9.69 Å². The molecule has 2 aliphatic rings. The van der Waals surface area contributed by atoms with Crippen LogP contribution in [0.2, 0.25) is 5.02 Å². The predicted molar refractivity (Wildman–Crippen MR) is 144 cm³/mol. The van der Waals surface area contributed by atoms with Crippen molar-refractivity contribution in [2.75, 3.05) is 45.3 Å². The fourth-order valence-electron chi connectivity index (χ4n) is 4.96. The summed E-state index contributed by atoms with van der Waals surface area (Å²) in [4.78, 5) is 17.9. The molecule has 3 aromatic carbocycles. The van der Waals surface area contributed by atoms with Gasteiger partial charge in [0, 0.05) is 49.0 Å². The minimum atomic E-state index is -0.218. The fraction of sp³-hybridized carbons (Fsp3) is 0.276. The zero-order valence-corrected chi connectivity index (χ0v) is 21.8. The molecular formula is C29H29ClN2O5. The van der Waals surface area contributed by atoms with Gasteiger partial charge in [0.1, 0.15) is 11.5 Å². The molecule has 0 bridgehead atoms. The summed E-state index contributed by atoms with van der Waals surface area (Å²) in [5, 5.41) is 11.6. The maximum atomic E-state index is 13.4. The summed E-state index contributed by atoms with van der Waals surface area (Å²) in [5.41, 5.74) is 3.54. The first-order chi connectivity index (χ1) is 17.9. The van der Waals surface area contributed by atoms with Gasteiger partial charge in [-0.2, -0.15) is 0 Å². The van der Waals surface area contributed by atoms with E-state index in [0.29, 0.717) is 46.0 Å². The zero-order chi connectivity index (χ0) is 26.1. The van der Waals surface area contributed by atoms with Crippen LogP contribution in [0.5, 0.6) is 23.0 Å². The van der Waals surface area contributed by atoms with Gasteiger partial charge in [0.25, 0.3) is 0 Å². The molecule has 0 aliphatic carbocycles. The Labute approximate surface area is 221 Å². The maximum Gasteiger partial charge on any atom is 0.232 e. The highest BCUT2D eigenvalue weighted by atomic mass is 35.5. The molecule has 192 valence electrons. The minimum absolute atomic E-state index is 0.126. The van der Waals surface area contributed by atoms with Gasteiger partial charge in [0.15, 0.2) is 17.3 Å². The summed E-state index contributed by atoms with van der Waals surface area (Å²) in [6.07, 6.45) is 1.66. The number of phenols is 1. The number of phenolic OH excluding ortho intramolecular Hbond substituents is 1. The number of aromatic hydroxyl groups is 1. The van der Waals surface area contributed by atoms with Crippen LogP contribution >= 0.6 is 11.6 Å². The van der Waals surface area contributed by atoms with Crippen LogP contribution in [0.3, 0.4) is 0 Å². The number of Topliss-reactive ketones (excluding diaryl/α,β-unsaturated/α-hetero) is 1. The number of methoxy groups -OCH3 is 2. The van der Waals surface area contributed by atoms with E-state index in [-0.39, 0.29) is 17.3 Å². The number of rotatable bonds is 6. The number of anilines is 1. The number of ether oxygens (including phenoxy) is 3. The number of carbonyl (C=O) groups excluding carboxylic acids is 1. The number of nitrogens with zero attached hydrogens (tertiary/aromatic N) is 2. The molecule has 0 saturated carbocycles. The monoisotopic (exact) mass is 520 g/mol. The van der Waals surface area contributed by atoms with Crippen molar-refractivity contribution in [3.05, 3.63) is 81.6 Å². The van der Waals surface area contributed by atoms with Crippen molar-refractivity contribution in [1.29, 1.82) is 0 Å². The quantitative estimate of drug-likeness (QED) is 0.442. The van der Waals surface area contributed by atoms with E-state index in [1.807, 2.05) is 37.3 Å². The fourth-order valence-corrected chi connectivity index (χ4v) is 5.14. The molecule has 2 aliphatic heterocycles. The van der Waals surface area contributed by atoms with Crippen molar-refractivity contribution in [2.24, 2.45) is 0 Å². The topological polar surface area (TPSA) is 71.5 Å². The molecule has 0 amide bonds. The average Bonchev–Trinajstić information content (AvgIpc) is 3.22. The Morgan fingerprint density at radius 3 is 2.51 bits per heavy atom. The lowest BCUT2D eigenvalue weighted by Gasteiger charge is -2.36. The van der Waals surface area contributed by atoms with Crippen molar-refractivity contribution in [2.45, 2.75) is 13.5 Å². The second-order valence-electron chi connectivity index (χ2n) is 9.16. The summed E-state index contributed by atoms with van der Waals surface area (Å²) >= 11 is 6.17. The zero-order valence-electron chi connectivity index (χ0n) is 21.1. The number of ketones is 1. The third kappa shape index (κ3) is 4.84. The van der Waals surface area contributed by atoms with Crippen LogP contribution in [0.1, 0.15) is 27.0 Å². The van der Waals surface area contributed by atoms with Crippen LogP contribution in [0.25, 0.3) is 6.08 Å². The van der Waals surface area contributed by atoms with Gasteiger partial charge in [-0.25, -0.2) is 0 Å². The lowest BCUT2D eigenvalue weighted by atomic mass is 9.99. The molecule has 8 heteroatoms. The Morgan fingerprint density at radius 1 is 1.05 bits per heavy atom. The number of benzene rings is 3. The standard InChI is InChI=1S/C29H29ClN2O5/c1-18-14-23(33)22(17-31-10-12-32(13-11-31)21-8-5-7-20(30)16-21)29-26(18)27(34)25(37-29)15-19-6-4-9-24(35-2)28(19)36-3/h4-9,14-16,33H,10-13,17H2,1-3H3. The molecule has 3 aromatic rings. The molecule has 0 radical (unpaired) electrons. The van der Waals surface area contributed by atoms with E-state index in [1.54, 1.807) is 32.4 Å². The second-order valence-corrected chi connectivity index (χ2v) is 9.60. The van der Waals surface area contributed by atoms with E-state index in [1.165, 1.54) is 0 Å². The van der Waals surface area contributed by atoms with Crippen molar-refractivity contribution in [3.63, 3.8) is 0 Å². The van der Waals surface area contributed by atoms with Gasteiger partial charge < -0.3 is 24.2 Å². The molecule has 0 aromatic heterocycles. The number of carbonyl (C=O) groups is 1. The largest absolute Gasteiger partial charge is 0.507 e. The number of fused-ring (bicyclic) bond motifs is 1. The lowest BCUT2D eigenvalue weighted by Crippen LogP contribution is -2.46. The van der Waals surface area contributed by atoms with Crippen LogP contribution in [-0.4, -0.2) is 56.2 Å². The first-order valence-corrected chi connectivity index (χ1v) is 12.5. The first-order valence-electron chi connectivity index (χ1n) is 12.1. The smallest absolute Gasteiger partial charge is 0.232 e. The van der Waals surface area contributed by atoms with E-state index in [4.69, 9.17) is 25.8 Å². The second kappa shape index (κ2) is 10.4. The van der Waals surface area contributed by atoms with Gasteiger partial charge in [-0.05, 0) is 48.9 Å². The minimum Gasteiger partial charge on any atom is -0.507 e. The highest BCUT2D eigenvalue weighted by Crippen LogP contribution is 2.43. The Balaban J connectivity index is 1.39. The number of para-hydroxylation sites is 1. The van der Waals surface area contributed by atoms with E-state index < -0.39 is 0 Å². The predicted octanol–water partition coefficient (Wildman–Crippen LogP) is 5.31. The van der Waals surface area contributed by atoms with Crippen LogP contribution in [0.4, 0.5) is 5.69 Å². The van der Waals surface area contributed by atoms with Crippen molar-refractivity contribution in [1.82, 2.24) is 4.90 Å². The summed E-state index contributed by atoms with van der Waals surface area (Å²) in [5.74, 6) is 1.59. The van der Waals surface area contributed by atoms with Crippen molar-refractivity contribution in [3.8, 4) is 23.0 Å². The Hall–Kier alpha value is -3.68. The molecular weight excluding hydrogens is 492 g/mol. The lowest BCUT2D eigenvalue weighted by molar-refractivity contribution is 0.101. The summed E-state index contributed by atoms with van der Waals surface area (Å²) in [6, 6.07) is 15.0. The molecule has 0 atom stereocenters. The van der Waals surface area contributed by atoms with Gasteiger partial charge in [-0.15, -0.1) is 0 Å². The number of allylic oxidation sites excluding steroid dienone is 1.